The number of nitrogens with one attached hydrogen (secondary N) is 1. The Hall–Kier alpha value is -1.26. The number of hydrogen-bond donors (Lipinski definition) is 1. The molecule has 0 amide bonds. The van der Waals surface area contributed by atoms with Crippen molar-refractivity contribution >= 4 is 11.3 Å². The molecule has 1 N–H and O–H groups in total. The predicted octanol–water partition coefficient (Wildman–Crippen LogP) is 3.49. The first-order valence-corrected chi connectivity index (χ1v) is 7.07. The van der Waals surface area contributed by atoms with Crippen molar-refractivity contribution in [3.05, 3.63) is 34.3 Å². The highest BCUT2D eigenvalue weighted by Gasteiger charge is 2.12. The number of aromatic nitrogens is 2. The lowest BCUT2D eigenvalue weighted by Crippen LogP contribution is -2.17. The van der Waals surface area contributed by atoms with E-state index < -0.39 is 0 Å². The SMILES string of the molecule is CCNC(C)c1nnc(-c2cc(C)cc(C)c2)s1. The summed E-state index contributed by atoms with van der Waals surface area (Å²) in [5.74, 6) is 0. The Labute approximate surface area is 112 Å². The molecule has 0 spiro atoms. The Morgan fingerprint density at radius 3 is 2.44 bits per heavy atom. The second-order valence-electron chi connectivity index (χ2n) is 4.60. The Morgan fingerprint density at radius 2 is 1.83 bits per heavy atom. The zero-order valence-electron chi connectivity index (χ0n) is 11.3. The van der Waals surface area contributed by atoms with Gasteiger partial charge in [-0.05, 0) is 39.4 Å². The zero-order valence-corrected chi connectivity index (χ0v) is 12.1. The number of aryl methyl sites for hydroxylation is 2. The van der Waals surface area contributed by atoms with Crippen LogP contribution < -0.4 is 5.32 Å². The Morgan fingerprint density at radius 1 is 1.17 bits per heavy atom. The molecule has 18 heavy (non-hydrogen) atoms. The van der Waals surface area contributed by atoms with Crippen LogP contribution in [0.3, 0.4) is 0 Å². The quantitative estimate of drug-likeness (QED) is 0.915. The van der Waals surface area contributed by atoms with Crippen LogP contribution in [-0.2, 0) is 0 Å². The maximum Gasteiger partial charge on any atom is 0.147 e. The fourth-order valence-electron chi connectivity index (χ4n) is 2.02. The van der Waals surface area contributed by atoms with Gasteiger partial charge in [-0.15, -0.1) is 10.2 Å². The summed E-state index contributed by atoms with van der Waals surface area (Å²) in [4.78, 5) is 0. The van der Waals surface area contributed by atoms with Crippen molar-refractivity contribution in [3.8, 4) is 10.6 Å². The molecule has 1 unspecified atom stereocenters. The molecule has 4 heteroatoms. The van der Waals surface area contributed by atoms with Gasteiger partial charge >= 0.3 is 0 Å². The van der Waals surface area contributed by atoms with Crippen molar-refractivity contribution in [2.45, 2.75) is 33.7 Å². The minimum Gasteiger partial charge on any atom is -0.308 e. The van der Waals surface area contributed by atoms with E-state index in [0.29, 0.717) is 0 Å². The third kappa shape index (κ3) is 2.94. The summed E-state index contributed by atoms with van der Waals surface area (Å²) in [5.41, 5.74) is 3.70. The Kier molecular flexibility index (Phi) is 4.09. The van der Waals surface area contributed by atoms with E-state index in [9.17, 15) is 0 Å². The van der Waals surface area contributed by atoms with E-state index in [4.69, 9.17) is 0 Å². The lowest BCUT2D eigenvalue weighted by Gasteiger charge is -2.06. The highest BCUT2D eigenvalue weighted by Crippen LogP contribution is 2.28. The van der Waals surface area contributed by atoms with Gasteiger partial charge in [0.2, 0.25) is 0 Å². The van der Waals surface area contributed by atoms with Crippen LogP contribution in [0.25, 0.3) is 10.6 Å². The van der Waals surface area contributed by atoms with Crippen LogP contribution in [0.5, 0.6) is 0 Å². The van der Waals surface area contributed by atoms with Gasteiger partial charge in [0.15, 0.2) is 0 Å². The van der Waals surface area contributed by atoms with Crippen LogP contribution in [0.4, 0.5) is 0 Å². The highest BCUT2D eigenvalue weighted by molar-refractivity contribution is 7.14. The zero-order chi connectivity index (χ0) is 13.1. The number of benzene rings is 1. The molecule has 0 aliphatic rings. The average molecular weight is 261 g/mol. The van der Waals surface area contributed by atoms with Crippen LogP contribution in [0.2, 0.25) is 0 Å². The van der Waals surface area contributed by atoms with Gasteiger partial charge in [-0.2, -0.15) is 0 Å². The Balaban J connectivity index is 2.29. The van der Waals surface area contributed by atoms with E-state index in [1.54, 1.807) is 11.3 Å². The molecular formula is C14H19N3S. The van der Waals surface area contributed by atoms with Crippen molar-refractivity contribution in [2.75, 3.05) is 6.54 Å². The number of nitrogens with zero attached hydrogens (tertiary/aromatic N) is 2. The standard InChI is InChI=1S/C14H19N3S/c1-5-15-11(4)13-16-17-14(18-13)12-7-9(2)6-10(3)8-12/h6-8,11,15H,5H2,1-4H3. The maximum absolute atomic E-state index is 4.30. The fraction of sp³-hybridized carbons (Fsp3) is 0.429. The van der Waals surface area contributed by atoms with Crippen molar-refractivity contribution in [1.82, 2.24) is 15.5 Å². The van der Waals surface area contributed by atoms with Crippen LogP contribution in [0.15, 0.2) is 18.2 Å². The van der Waals surface area contributed by atoms with Gasteiger partial charge in [0.1, 0.15) is 10.0 Å². The molecule has 0 radical (unpaired) electrons. The summed E-state index contributed by atoms with van der Waals surface area (Å²) >= 11 is 1.67. The molecular weight excluding hydrogens is 242 g/mol. The third-order valence-corrected chi connectivity index (χ3v) is 3.95. The summed E-state index contributed by atoms with van der Waals surface area (Å²) in [6.45, 7) is 9.39. The molecule has 1 atom stereocenters. The van der Waals surface area contributed by atoms with Crippen LogP contribution in [0.1, 0.15) is 36.0 Å². The second kappa shape index (κ2) is 5.59. The molecule has 0 saturated heterocycles. The lowest BCUT2D eigenvalue weighted by molar-refractivity contribution is 0.590. The number of rotatable bonds is 4. The van der Waals surface area contributed by atoms with Gasteiger partial charge in [0.05, 0.1) is 6.04 Å². The summed E-state index contributed by atoms with van der Waals surface area (Å²) in [7, 11) is 0. The molecule has 0 bridgehead atoms. The fourth-order valence-corrected chi connectivity index (χ4v) is 2.88. The molecule has 0 fully saturated rings. The first-order valence-electron chi connectivity index (χ1n) is 6.25. The number of hydrogen-bond acceptors (Lipinski definition) is 4. The van der Waals surface area contributed by atoms with Gasteiger partial charge in [-0.25, -0.2) is 0 Å². The lowest BCUT2D eigenvalue weighted by atomic mass is 10.1. The van der Waals surface area contributed by atoms with Crippen molar-refractivity contribution in [3.63, 3.8) is 0 Å². The van der Waals surface area contributed by atoms with E-state index in [0.717, 1.165) is 16.6 Å². The molecule has 0 saturated carbocycles. The molecule has 1 heterocycles. The van der Waals surface area contributed by atoms with Crippen molar-refractivity contribution in [1.29, 1.82) is 0 Å². The first kappa shape index (κ1) is 13.2. The Bertz CT molecular complexity index is 513. The minimum absolute atomic E-state index is 0.271. The molecule has 0 aliphatic carbocycles. The maximum atomic E-state index is 4.30. The normalized spacial score (nSPS) is 12.7. The van der Waals surface area contributed by atoms with Crippen LogP contribution in [0, 0.1) is 13.8 Å². The molecule has 3 nitrogen and oxygen atoms in total. The smallest absolute Gasteiger partial charge is 0.147 e. The average Bonchev–Trinajstić information content (AvgIpc) is 2.77. The minimum atomic E-state index is 0.271. The van der Waals surface area contributed by atoms with Gasteiger partial charge < -0.3 is 5.32 Å². The summed E-state index contributed by atoms with van der Waals surface area (Å²) < 4.78 is 0. The molecule has 0 aliphatic heterocycles. The van der Waals surface area contributed by atoms with Gasteiger partial charge in [0.25, 0.3) is 0 Å². The topological polar surface area (TPSA) is 37.8 Å². The molecule has 2 rings (SSSR count). The second-order valence-corrected chi connectivity index (χ2v) is 5.61. The van der Waals surface area contributed by atoms with Crippen LogP contribution >= 0.6 is 11.3 Å². The summed E-state index contributed by atoms with van der Waals surface area (Å²) in [6.07, 6.45) is 0. The van der Waals surface area contributed by atoms with Gasteiger partial charge in [-0.1, -0.05) is 35.5 Å². The molecule has 96 valence electrons. The van der Waals surface area contributed by atoms with Crippen molar-refractivity contribution in [2.24, 2.45) is 0 Å². The monoisotopic (exact) mass is 261 g/mol. The van der Waals surface area contributed by atoms with E-state index in [-0.39, 0.29) is 6.04 Å². The van der Waals surface area contributed by atoms with E-state index in [1.807, 2.05) is 0 Å². The van der Waals surface area contributed by atoms with Crippen LogP contribution in [-0.4, -0.2) is 16.7 Å². The summed E-state index contributed by atoms with van der Waals surface area (Å²) in [6, 6.07) is 6.77. The third-order valence-electron chi connectivity index (χ3n) is 2.79. The van der Waals surface area contributed by atoms with E-state index in [1.165, 1.54) is 16.7 Å². The van der Waals surface area contributed by atoms with Crippen molar-refractivity contribution < 1.29 is 0 Å². The molecule has 1 aromatic heterocycles. The van der Waals surface area contributed by atoms with Gasteiger partial charge in [-0.3, -0.25) is 0 Å². The highest BCUT2D eigenvalue weighted by atomic mass is 32.1. The molecule has 2 aromatic rings. The van der Waals surface area contributed by atoms with E-state index >= 15 is 0 Å². The first-order chi connectivity index (χ1) is 8.60. The predicted molar refractivity (Wildman–Crippen MR) is 76.9 cm³/mol. The summed E-state index contributed by atoms with van der Waals surface area (Å²) in [5, 5.41) is 14.0. The molecule has 1 aromatic carbocycles. The van der Waals surface area contributed by atoms with Gasteiger partial charge in [0, 0.05) is 5.56 Å². The van der Waals surface area contributed by atoms with E-state index in [2.05, 4.69) is 61.4 Å². The largest absolute Gasteiger partial charge is 0.308 e.